The average Bonchev–Trinajstić information content (AvgIpc) is 2.28. The first-order valence-corrected chi connectivity index (χ1v) is 6.75. The minimum Gasteiger partial charge on any atom is -0.355 e. The number of rotatable bonds is 4. The second kappa shape index (κ2) is 5.18. The fourth-order valence-corrected chi connectivity index (χ4v) is 1.82. The summed E-state index contributed by atoms with van der Waals surface area (Å²) >= 11 is 0. The molecular formula is C11H16N2O3S. The first-order chi connectivity index (χ1) is 7.86. The van der Waals surface area contributed by atoms with Gasteiger partial charge >= 0.3 is 0 Å². The molecule has 2 N–H and O–H groups in total. The second-order valence-electron chi connectivity index (χ2n) is 3.85. The standard InChI is InChI=1S/C11H16N2O3S/c1-8(2)17(15,16)13-10-6-4-9(5-7-10)11(14)12-3/h4-8,13H,1-3H3,(H,12,14). The Morgan fingerprint density at radius 1 is 1.18 bits per heavy atom. The molecule has 1 aromatic rings. The van der Waals surface area contributed by atoms with E-state index in [1.807, 2.05) is 0 Å². The van der Waals surface area contributed by atoms with E-state index in [2.05, 4.69) is 10.0 Å². The molecule has 6 heteroatoms. The van der Waals surface area contributed by atoms with Crippen molar-refractivity contribution in [3.63, 3.8) is 0 Å². The molecule has 0 aromatic heterocycles. The Kier molecular flexibility index (Phi) is 4.11. The molecule has 94 valence electrons. The number of benzene rings is 1. The number of sulfonamides is 1. The SMILES string of the molecule is CNC(=O)c1ccc(NS(=O)(=O)C(C)C)cc1. The van der Waals surface area contributed by atoms with Crippen LogP contribution in [-0.2, 0) is 10.0 Å². The van der Waals surface area contributed by atoms with Gasteiger partial charge in [0.1, 0.15) is 0 Å². The van der Waals surface area contributed by atoms with Crippen molar-refractivity contribution in [2.45, 2.75) is 19.1 Å². The predicted molar refractivity (Wildman–Crippen MR) is 67.5 cm³/mol. The van der Waals surface area contributed by atoms with Crippen LogP contribution < -0.4 is 10.0 Å². The number of anilines is 1. The highest BCUT2D eigenvalue weighted by Crippen LogP contribution is 2.13. The Hall–Kier alpha value is -1.56. The van der Waals surface area contributed by atoms with Gasteiger partial charge in [-0.25, -0.2) is 8.42 Å². The van der Waals surface area contributed by atoms with Crippen LogP contribution in [-0.4, -0.2) is 26.6 Å². The van der Waals surface area contributed by atoms with E-state index in [4.69, 9.17) is 0 Å². The Morgan fingerprint density at radius 2 is 1.71 bits per heavy atom. The van der Waals surface area contributed by atoms with Crippen molar-refractivity contribution in [1.82, 2.24) is 5.32 Å². The molecule has 0 saturated heterocycles. The summed E-state index contributed by atoms with van der Waals surface area (Å²) in [5.41, 5.74) is 0.936. The van der Waals surface area contributed by atoms with Crippen LogP contribution in [0.2, 0.25) is 0 Å². The van der Waals surface area contributed by atoms with Crippen LogP contribution in [0.1, 0.15) is 24.2 Å². The van der Waals surface area contributed by atoms with Crippen LogP contribution in [0.3, 0.4) is 0 Å². The van der Waals surface area contributed by atoms with E-state index in [0.717, 1.165) is 0 Å². The quantitative estimate of drug-likeness (QED) is 0.850. The van der Waals surface area contributed by atoms with Crippen molar-refractivity contribution < 1.29 is 13.2 Å². The molecule has 1 aromatic carbocycles. The van der Waals surface area contributed by atoms with Crippen molar-refractivity contribution in [3.05, 3.63) is 29.8 Å². The Labute approximate surface area is 101 Å². The van der Waals surface area contributed by atoms with Crippen LogP contribution in [0, 0.1) is 0 Å². The van der Waals surface area contributed by atoms with Gasteiger partial charge in [0.2, 0.25) is 10.0 Å². The lowest BCUT2D eigenvalue weighted by atomic mass is 10.2. The molecule has 0 aliphatic heterocycles. The fourth-order valence-electron chi connectivity index (χ4n) is 1.12. The van der Waals surface area contributed by atoms with Crippen LogP contribution in [0.4, 0.5) is 5.69 Å². The zero-order chi connectivity index (χ0) is 13.1. The van der Waals surface area contributed by atoms with Gasteiger partial charge in [0, 0.05) is 18.3 Å². The maximum Gasteiger partial charge on any atom is 0.251 e. The number of nitrogens with one attached hydrogen (secondary N) is 2. The topological polar surface area (TPSA) is 75.3 Å². The minimum atomic E-state index is -3.34. The van der Waals surface area contributed by atoms with Gasteiger partial charge < -0.3 is 5.32 Å². The van der Waals surface area contributed by atoms with Crippen molar-refractivity contribution in [3.8, 4) is 0 Å². The van der Waals surface area contributed by atoms with Gasteiger partial charge in [-0.1, -0.05) is 0 Å². The molecule has 0 aliphatic rings. The maximum atomic E-state index is 11.6. The number of hydrogen-bond acceptors (Lipinski definition) is 3. The zero-order valence-electron chi connectivity index (χ0n) is 10.0. The summed E-state index contributed by atoms with van der Waals surface area (Å²) in [5.74, 6) is -0.205. The van der Waals surface area contributed by atoms with Crippen LogP contribution in [0.25, 0.3) is 0 Å². The highest BCUT2D eigenvalue weighted by atomic mass is 32.2. The molecule has 0 saturated carbocycles. The van der Waals surface area contributed by atoms with Crippen LogP contribution in [0.5, 0.6) is 0 Å². The monoisotopic (exact) mass is 256 g/mol. The Balaban J connectivity index is 2.86. The van der Waals surface area contributed by atoms with E-state index < -0.39 is 15.3 Å². The third kappa shape index (κ3) is 3.45. The highest BCUT2D eigenvalue weighted by Gasteiger charge is 2.15. The lowest BCUT2D eigenvalue weighted by Gasteiger charge is -2.10. The first kappa shape index (κ1) is 13.5. The lowest BCUT2D eigenvalue weighted by molar-refractivity contribution is 0.0963. The van der Waals surface area contributed by atoms with Gasteiger partial charge in [-0.15, -0.1) is 0 Å². The predicted octanol–water partition coefficient (Wildman–Crippen LogP) is 1.20. The molecule has 1 rings (SSSR count). The van der Waals surface area contributed by atoms with Crippen molar-refractivity contribution >= 4 is 21.6 Å². The number of carbonyl (C=O) groups excluding carboxylic acids is 1. The summed E-state index contributed by atoms with van der Waals surface area (Å²) in [6, 6.07) is 6.25. The smallest absolute Gasteiger partial charge is 0.251 e. The number of hydrogen-bond donors (Lipinski definition) is 2. The van der Waals surface area contributed by atoms with E-state index in [1.165, 1.54) is 7.05 Å². The molecule has 17 heavy (non-hydrogen) atoms. The molecule has 0 aliphatic carbocycles. The Morgan fingerprint density at radius 3 is 2.12 bits per heavy atom. The third-order valence-corrected chi connectivity index (χ3v) is 4.02. The van der Waals surface area contributed by atoms with Crippen molar-refractivity contribution in [2.24, 2.45) is 0 Å². The van der Waals surface area contributed by atoms with Gasteiger partial charge in [0.15, 0.2) is 0 Å². The highest BCUT2D eigenvalue weighted by molar-refractivity contribution is 7.93. The molecular weight excluding hydrogens is 240 g/mol. The fraction of sp³-hybridized carbons (Fsp3) is 0.364. The molecule has 0 heterocycles. The van der Waals surface area contributed by atoms with E-state index in [0.29, 0.717) is 11.3 Å². The van der Waals surface area contributed by atoms with E-state index in [-0.39, 0.29) is 5.91 Å². The summed E-state index contributed by atoms with van der Waals surface area (Å²) in [5, 5.41) is 1.99. The molecule has 0 spiro atoms. The van der Waals surface area contributed by atoms with Gasteiger partial charge in [-0.3, -0.25) is 9.52 Å². The van der Waals surface area contributed by atoms with Crippen molar-refractivity contribution in [2.75, 3.05) is 11.8 Å². The molecule has 0 bridgehead atoms. The van der Waals surface area contributed by atoms with Gasteiger partial charge in [0.05, 0.1) is 5.25 Å². The van der Waals surface area contributed by atoms with E-state index in [9.17, 15) is 13.2 Å². The Bertz CT molecular complexity index is 492. The summed E-state index contributed by atoms with van der Waals surface area (Å²) in [7, 11) is -1.80. The molecule has 0 unspecified atom stereocenters. The first-order valence-electron chi connectivity index (χ1n) is 5.20. The van der Waals surface area contributed by atoms with Crippen molar-refractivity contribution in [1.29, 1.82) is 0 Å². The zero-order valence-corrected chi connectivity index (χ0v) is 10.8. The molecule has 0 radical (unpaired) electrons. The molecule has 0 atom stereocenters. The van der Waals surface area contributed by atoms with Crippen LogP contribution >= 0.6 is 0 Å². The van der Waals surface area contributed by atoms with Gasteiger partial charge in [-0.05, 0) is 38.1 Å². The van der Waals surface area contributed by atoms with E-state index >= 15 is 0 Å². The molecule has 0 fully saturated rings. The van der Waals surface area contributed by atoms with E-state index in [1.54, 1.807) is 38.1 Å². The van der Waals surface area contributed by atoms with Crippen LogP contribution in [0.15, 0.2) is 24.3 Å². The number of amides is 1. The molecule has 1 amide bonds. The average molecular weight is 256 g/mol. The third-order valence-electron chi connectivity index (χ3n) is 2.25. The minimum absolute atomic E-state index is 0.205. The number of carbonyl (C=O) groups is 1. The normalized spacial score (nSPS) is 11.3. The summed E-state index contributed by atoms with van der Waals surface area (Å²) in [6.07, 6.45) is 0. The molecule has 5 nitrogen and oxygen atoms in total. The maximum absolute atomic E-state index is 11.6. The van der Waals surface area contributed by atoms with Gasteiger partial charge in [0.25, 0.3) is 5.91 Å². The second-order valence-corrected chi connectivity index (χ2v) is 6.09. The summed E-state index contributed by atoms with van der Waals surface area (Å²) in [6.45, 7) is 3.20. The summed E-state index contributed by atoms with van der Waals surface area (Å²) < 4.78 is 25.6. The largest absolute Gasteiger partial charge is 0.355 e. The summed E-state index contributed by atoms with van der Waals surface area (Å²) in [4.78, 5) is 11.3. The lowest BCUT2D eigenvalue weighted by Crippen LogP contribution is -2.22. The van der Waals surface area contributed by atoms with Gasteiger partial charge in [-0.2, -0.15) is 0 Å².